The fourth-order valence-corrected chi connectivity index (χ4v) is 1.58. The Bertz CT molecular complexity index is 601. The van der Waals surface area contributed by atoms with Gasteiger partial charge >= 0.3 is 6.01 Å². The van der Waals surface area contributed by atoms with E-state index in [-0.39, 0.29) is 6.01 Å². The van der Waals surface area contributed by atoms with Crippen molar-refractivity contribution in [3.63, 3.8) is 0 Å². The van der Waals surface area contributed by atoms with Crippen LogP contribution in [0.3, 0.4) is 0 Å². The van der Waals surface area contributed by atoms with Crippen LogP contribution in [-0.2, 0) is 0 Å². The SMILES string of the molecule is c1ccc2c(Oc3nn[nH]n3)cccc2c1. The van der Waals surface area contributed by atoms with E-state index < -0.39 is 0 Å². The number of benzene rings is 2. The molecule has 5 heteroatoms. The van der Waals surface area contributed by atoms with Crippen molar-refractivity contribution in [1.29, 1.82) is 0 Å². The largest absolute Gasteiger partial charge is 0.421 e. The van der Waals surface area contributed by atoms with E-state index in [1.165, 1.54) is 0 Å². The lowest BCUT2D eigenvalue weighted by Gasteiger charge is -2.04. The van der Waals surface area contributed by atoms with E-state index >= 15 is 0 Å². The second-order valence-electron chi connectivity index (χ2n) is 3.27. The predicted octanol–water partition coefficient (Wildman–Crippen LogP) is 2.15. The quantitative estimate of drug-likeness (QED) is 0.706. The van der Waals surface area contributed by atoms with Gasteiger partial charge in [0.2, 0.25) is 0 Å². The van der Waals surface area contributed by atoms with Crippen LogP contribution in [0.1, 0.15) is 0 Å². The number of ether oxygens (including phenoxy) is 1. The van der Waals surface area contributed by atoms with E-state index in [1.54, 1.807) is 0 Å². The third kappa shape index (κ3) is 1.48. The van der Waals surface area contributed by atoms with Crippen molar-refractivity contribution in [3.8, 4) is 11.8 Å². The number of nitrogens with one attached hydrogen (secondary N) is 1. The highest BCUT2D eigenvalue weighted by Gasteiger charge is 2.04. The number of nitrogens with zero attached hydrogens (tertiary/aromatic N) is 3. The van der Waals surface area contributed by atoms with E-state index in [0.29, 0.717) is 0 Å². The zero-order chi connectivity index (χ0) is 10.8. The molecule has 1 aromatic heterocycles. The summed E-state index contributed by atoms with van der Waals surface area (Å²) in [6, 6.07) is 14.0. The van der Waals surface area contributed by atoms with Gasteiger partial charge in [0.15, 0.2) is 0 Å². The first-order valence-corrected chi connectivity index (χ1v) is 4.82. The van der Waals surface area contributed by atoms with Crippen LogP contribution in [0.15, 0.2) is 42.5 Å². The summed E-state index contributed by atoms with van der Waals surface area (Å²) in [5.74, 6) is 0.722. The van der Waals surface area contributed by atoms with Gasteiger partial charge in [0.05, 0.1) is 0 Å². The first kappa shape index (κ1) is 8.84. The highest BCUT2D eigenvalue weighted by atomic mass is 16.5. The Labute approximate surface area is 91.1 Å². The molecule has 0 aliphatic carbocycles. The number of H-pyrrole nitrogens is 1. The minimum absolute atomic E-state index is 0.219. The lowest BCUT2D eigenvalue weighted by Crippen LogP contribution is -1.87. The van der Waals surface area contributed by atoms with Crippen molar-refractivity contribution in [1.82, 2.24) is 20.6 Å². The van der Waals surface area contributed by atoms with Gasteiger partial charge in [-0.05, 0) is 16.7 Å². The van der Waals surface area contributed by atoms with Gasteiger partial charge in [0.25, 0.3) is 0 Å². The molecule has 3 aromatic rings. The molecule has 1 heterocycles. The first-order valence-electron chi connectivity index (χ1n) is 4.82. The van der Waals surface area contributed by atoms with Crippen molar-refractivity contribution in [2.75, 3.05) is 0 Å². The van der Waals surface area contributed by atoms with E-state index in [2.05, 4.69) is 20.6 Å². The van der Waals surface area contributed by atoms with E-state index in [1.807, 2.05) is 42.5 Å². The average Bonchev–Trinajstić information content (AvgIpc) is 2.82. The zero-order valence-electron chi connectivity index (χ0n) is 8.29. The molecule has 3 rings (SSSR count). The molecule has 0 aliphatic rings. The molecule has 0 bridgehead atoms. The maximum atomic E-state index is 5.52. The van der Waals surface area contributed by atoms with E-state index in [0.717, 1.165) is 16.5 Å². The molecule has 0 unspecified atom stereocenters. The summed E-state index contributed by atoms with van der Waals surface area (Å²) < 4.78 is 5.52. The molecule has 0 saturated carbocycles. The van der Waals surface area contributed by atoms with E-state index in [9.17, 15) is 0 Å². The smallest absolute Gasteiger partial charge is 0.361 e. The summed E-state index contributed by atoms with van der Waals surface area (Å²) in [6.07, 6.45) is 0. The Kier molecular flexibility index (Phi) is 2.00. The van der Waals surface area contributed by atoms with E-state index in [4.69, 9.17) is 4.74 Å². The highest BCUT2D eigenvalue weighted by molar-refractivity contribution is 5.88. The summed E-state index contributed by atoms with van der Waals surface area (Å²) >= 11 is 0. The number of fused-ring (bicyclic) bond motifs is 1. The van der Waals surface area contributed by atoms with Gasteiger partial charge < -0.3 is 4.74 Å². The molecule has 78 valence electrons. The summed E-state index contributed by atoms with van der Waals surface area (Å²) in [4.78, 5) is 0. The maximum Gasteiger partial charge on any atom is 0.361 e. The van der Waals surface area contributed by atoms with Gasteiger partial charge in [0.1, 0.15) is 5.75 Å². The Morgan fingerprint density at radius 1 is 1.00 bits per heavy atom. The molecular formula is C11H8N4O. The van der Waals surface area contributed by atoms with Crippen molar-refractivity contribution in [2.45, 2.75) is 0 Å². The van der Waals surface area contributed by atoms with Crippen molar-refractivity contribution in [3.05, 3.63) is 42.5 Å². The van der Waals surface area contributed by atoms with Crippen molar-refractivity contribution < 1.29 is 4.74 Å². The average molecular weight is 212 g/mol. The topological polar surface area (TPSA) is 63.7 Å². The number of hydrogen-bond donors (Lipinski definition) is 1. The van der Waals surface area contributed by atoms with Crippen LogP contribution in [-0.4, -0.2) is 20.6 Å². The third-order valence-corrected chi connectivity index (χ3v) is 2.28. The molecule has 1 N–H and O–H groups in total. The summed E-state index contributed by atoms with van der Waals surface area (Å²) in [7, 11) is 0. The van der Waals surface area contributed by atoms with Crippen LogP contribution < -0.4 is 4.74 Å². The standard InChI is InChI=1S/C11H8N4O/c1-2-6-9-8(4-1)5-3-7-10(9)16-11-12-14-15-13-11/h1-7H,(H,12,13,14,15). The number of aromatic amines is 1. The highest BCUT2D eigenvalue weighted by Crippen LogP contribution is 2.27. The lowest BCUT2D eigenvalue weighted by atomic mass is 10.1. The fraction of sp³-hybridized carbons (Fsp3) is 0. The summed E-state index contributed by atoms with van der Waals surface area (Å²) in [6.45, 7) is 0. The van der Waals surface area contributed by atoms with Gasteiger partial charge in [-0.15, -0.1) is 0 Å². The van der Waals surface area contributed by atoms with Crippen molar-refractivity contribution in [2.24, 2.45) is 0 Å². The monoisotopic (exact) mass is 212 g/mol. The first-order chi connectivity index (χ1) is 7.93. The molecular weight excluding hydrogens is 204 g/mol. The van der Waals surface area contributed by atoms with Gasteiger partial charge in [0, 0.05) is 5.39 Å². The van der Waals surface area contributed by atoms with Gasteiger partial charge in [-0.2, -0.15) is 5.21 Å². The van der Waals surface area contributed by atoms with Crippen LogP contribution in [0.4, 0.5) is 0 Å². The third-order valence-electron chi connectivity index (χ3n) is 2.28. The van der Waals surface area contributed by atoms with Crippen molar-refractivity contribution >= 4 is 10.8 Å². The van der Waals surface area contributed by atoms with Gasteiger partial charge in [-0.3, -0.25) is 0 Å². The molecule has 5 nitrogen and oxygen atoms in total. The molecule has 0 aliphatic heterocycles. The Morgan fingerprint density at radius 3 is 2.75 bits per heavy atom. The van der Waals surface area contributed by atoms with Crippen LogP contribution in [0, 0.1) is 0 Å². The Hall–Kier alpha value is -2.43. The van der Waals surface area contributed by atoms with Crippen LogP contribution in [0.5, 0.6) is 11.8 Å². The fourth-order valence-electron chi connectivity index (χ4n) is 1.58. The number of rotatable bonds is 2. The molecule has 2 aromatic carbocycles. The second-order valence-corrected chi connectivity index (χ2v) is 3.27. The molecule has 0 amide bonds. The van der Waals surface area contributed by atoms with Crippen LogP contribution in [0.25, 0.3) is 10.8 Å². The van der Waals surface area contributed by atoms with Gasteiger partial charge in [-0.1, -0.05) is 46.6 Å². The molecule has 0 radical (unpaired) electrons. The minimum Gasteiger partial charge on any atom is -0.421 e. The zero-order valence-corrected chi connectivity index (χ0v) is 8.29. The number of aromatic nitrogens is 4. The predicted molar refractivity (Wildman–Crippen MR) is 58.2 cm³/mol. The normalized spacial score (nSPS) is 10.5. The minimum atomic E-state index is 0.219. The van der Waals surface area contributed by atoms with Crippen LogP contribution in [0.2, 0.25) is 0 Å². The maximum absolute atomic E-state index is 5.52. The molecule has 0 fully saturated rings. The summed E-state index contributed by atoms with van der Waals surface area (Å²) in [5.41, 5.74) is 0. The number of hydrogen-bond acceptors (Lipinski definition) is 4. The lowest BCUT2D eigenvalue weighted by molar-refractivity contribution is 0.447. The molecule has 0 saturated heterocycles. The van der Waals surface area contributed by atoms with Crippen LogP contribution >= 0.6 is 0 Å². The molecule has 16 heavy (non-hydrogen) atoms. The molecule has 0 atom stereocenters. The van der Waals surface area contributed by atoms with Gasteiger partial charge in [-0.25, -0.2) is 0 Å². The molecule has 0 spiro atoms. The Morgan fingerprint density at radius 2 is 1.88 bits per heavy atom. The summed E-state index contributed by atoms with van der Waals surface area (Å²) in [5, 5.41) is 15.4. The second kappa shape index (κ2) is 3.62. The number of tetrazole rings is 1. The Balaban J connectivity index is 2.10.